The molecule has 1 rings (SSSR count). The lowest BCUT2D eigenvalue weighted by atomic mass is 10.2. The number of benzene rings is 1. The van der Waals surface area contributed by atoms with Crippen molar-refractivity contribution in [2.24, 2.45) is 5.73 Å². The van der Waals surface area contributed by atoms with Crippen molar-refractivity contribution in [1.29, 1.82) is 0 Å². The monoisotopic (exact) mass is 180 g/mol. The predicted molar refractivity (Wildman–Crippen MR) is 54.9 cm³/mol. The van der Waals surface area contributed by atoms with Crippen LogP contribution in [-0.2, 0) is 0 Å². The summed E-state index contributed by atoms with van der Waals surface area (Å²) in [6, 6.07) is 7.31. The Morgan fingerprint density at radius 3 is 2.46 bits per heavy atom. The zero-order valence-electron chi connectivity index (χ0n) is 7.83. The maximum Gasteiger partial charge on any atom is 0.115 e. The molecule has 0 radical (unpaired) electrons. The molecule has 0 heterocycles. The van der Waals surface area contributed by atoms with E-state index in [2.05, 4.69) is 12.2 Å². The van der Waals surface area contributed by atoms with Gasteiger partial charge in [-0.25, -0.2) is 0 Å². The molecule has 0 amide bonds. The van der Waals surface area contributed by atoms with Gasteiger partial charge in [-0.05, 0) is 30.7 Å². The highest BCUT2D eigenvalue weighted by Crippen LogP contribution is 2.14. The van der Waals surface area contributed by atoms with Gasteiger partial charge in [0, 0.05) is 18.3 Å². The molecule has 4 N–H and O–H groups in total. The normalized spacial score (nSPS) is 12.5. The Labute approximate surface area is 78.6 Å². The van der Waals surface area contributed by atoms with Crippen LogP contribution in [0.2, 0.25) is 0 Å². The van der Waals surface area contributed by atoms with Crippen molar-refractivity contribution in [2.45, 2.75) is 19.4 Å². The van der Waals surface area contributed by atoms with E-state index in [9.17, 15) is 0 Å². The first kappa shape index (κ1) is 9.86. The SMILES string of the molecule is CCC(CN)Nc1ccc(O)cc1. The number of anilines is 1. The predicted octanol–water partition coefficient (Wildman–Crippen LogP) is 1.54. The standard InChI is InChI=1S/C10H16N2O/c1-2-8(7-11)12-9-3-5-10(13)6-4-9/h3-6,8,12-13H,2,7,11H2,1H3. The summed E-state index contributed by atoms with van der Waals surface area (Å²) in [4.78, 5) is 0. The first-order chi connectivity index (χ1) is 6.26. The van der Waals surface area contributed by atoms with E-state index in [1.54, 1.807) is 12.1 Å². The molecule has 0 aliphatic rings. The van der Waals surface area contributed by atoms with E-state index in [0.717, 1.165) is 12.1 Å². The second-order valence-electron chi connectivity index (χ2n) is 3.03. The molecule has 0 aliphatic carbocycles. The second kappa shape index (κ2) is 4.72. The number of rotatable bonds is 4. The number of nitrogens with one attached hydrogen (secondary N) is 1. The highest BCUT2D eigenvalue weighted by molar-refractivity contribution is 5.46. The van der Waals surface area contributed by atoms with Gasteiger partial charge in [0.05, 0.1) is 0 Å². The number of phenolic OH excluding ortho intramolecular Hbond substituents is 1. The second-order valence-corrected chi connectivity index (χ2v) is 3.03. The van der Waals surface area contributed by atoms with Gasteiger partial charge in [0.2, 0.25) is 0 Å². The Morgan fingerprint density at radius 1 is 1.38 bits per heavy atom. The van der Waals surface area contributed by atoms with Crippen LogP contribution < -0.4 is 11.1 Å². The zero-order chi connectivity index (χ0) is 9.68. The number of hydrogen-bond donors (Lipinski definition) is 3. The fourth-order valence-electron chi connectivity index (χ4n) is 1.12. The minimum absolute atomic E-state index is 0.284. The molecule has 3 heteroatoms. The zero-order valence-corrected chi connectivity index (χ0v) is 7.83. The summed E-state index contributed by atoms with van der Waals surface area (Å²) in [5.41, 5.74) is 6.54. The molecular weight excluding hydrogens is 164 g/mol. The third-order valence-corrected chi connectivity index (χ3v) is 2.02. The van der Waals surface area contributed by atoms with E-state index in [1.165, 1.54) is 0 Å². The van der Waals surface area contributed by atoms with Gasteiger partial charge in [0.25, 0.3) is 0 Å². The molecule has 0 saturated heterocycles. The summed E-state index contributed by atoms with van der Waals surface area (Å²) in [6.45, 7) is 2.71. The van der Waals surface area contributed by atoms with Gasteiger partial charge in [0.15, 0.2) is 0 Å². The Hall–Kier alpha value is -1.22. The van der Waals surface area contributed by atoms with Crippen molar-refractivity contribution in [1.82, 2.24) is 0 Å². The van der Waals surface area contributed by atoms with Crippen LogP contribution in [0.3, 0.4) is 0 Å². The van der Waals surface area contributed by atoms with Gasteiger partial charge in [-0.3, -0.25) is 0 Å². The van der Waals surface area contributed by atoms with E-state index < -0.39 is 0 Å². The summed E-state index contributed by atoms with van der Waals surface area (Å²) in [7, 11) is 0. The van der Waals surface area contributed by atoms with E-state index >= 15 is 0 Å². The van der Waals surface area contributed by atoms with Gasteiger partial charge >= 0.3 is 0 Å². The number of nitrogens with two attached hydrogens (primary N) is 1. The molecule has 0 spiro atoms. The van der Waals surface area contributed by atoms with Crippen LogP contribution >= 0.6 is 0 Å². The molecule has 0 aromatic heterocycles. The quantitative estimate of drug-likeness (QED) is 0.616. The van der Waals surface area contributed by atoms with Crippen molar-refractivity contribution >= 4 is 5.69 Å². The van der Waals surface area contributed by atoms with Crippen LogP contribution in [0.4, 0.5) is 5.69 Å². The van der Waals surface area contributed by atoms with Gasteiger partial charge < -0.3 is 16.2 Å². The topological polar surface area (TPSA) is 58.3 Å². The molecule has 0 fully saturated rings. The van der Waals surface area contributed by atoms with Crippen LogP contribution in [0.25, 0.3) is 0 Å². The van der Waals surface area contributed by atoms with Crippen LogP contribution in [0.15, 0.2) is 24.3 Å². The fraction of sp³-hybridized carbons (Fsp3) is 0.400. The molecule has 1 unspecified atom stereocenters. The van der Waals surface area contributed by atoms with Gasteiger partial charge in [-0.2, -0.15) is 0 Å². The third-order valence-electron chi connectivity index (χ3n) is 2.02. The summed E-state index contributed by atoms with van der Waals surface area (Å²) in [5.74, 6) is 0.284. The van der Waals surface area contributed by atoms with E-state index in [-0.39, 0.29) is 5.75 Å². The van der Waals surface area contributed by atoms with Crippen molar-refractivity contribution in [3.63, 3.8) is 0 Å². The van der Waals surface area contributed by atoms with Crippen LogP contribution in [0, 0.1) is 0 Å². The summed E-state index contributed by atoms with van der Waals surface area (Å²) in [5, 5.41) is 12.3. The van der Waals surface area contributed by atoms with Gasteiger partial charge in [-0.15, -0.1) is 0 Å². The van der Waals surface area contributed by atoms with Crippen molar-refractivity contribution in [3.05, 3.63) is 24.3 Å². The van der Waals surface area contributed by atoms with Gasteiger partial charge in [0.1, 0.15) is 5.75 Å². The lowest BCUT2D eigenvalue weighted by Gasteiger charge is -2.15. The average molecular weight is 180 g/mol. The van der Waals surface area contributed by atoms with Crippen LogP contribution in [-0.4, -0.2) is 17.7 Å². The molecule has 3 nitrogen and oxygen atoms in total. The Bertz CT molecular complexity index is 242. The maximum atomic E-state index is 9.05. The Kier molecular flexibility index (Phi) is 3.58. The lowest BCUT2D eigenvalue weighted by Crippen LogP contribution is -2.27. The Morgan fingerprint density at radius 2 is 2.00 bits per heavy atom. The van der Waals surface area contributed by atoms with Crippen molar-refractivity contribution < 1.29 is 5.11 Å². The minimum atomic E-state index is 0.284. The molecule has 13 heavy (non-hydrogen) atoms. The molecular formula is C10H16N2O. The first-order valence-corrected chi connectivity index (χ1v) is 4.52. The van der Waals surface area contributed by atoms with Crippen LogP contribution in [0.1, 0.15) is 13.3 Å². The molecule has 1 aromatic rings. The number of hydrogen-bond acceptors (Lipinski definition) is 3. The molecule has 0 bridgehead atoms. The summed E-state index contributed by atoms with van der Waals surface area (Å²) in [6.07, 6.45) is 0.997. The molecule has 0 aliphatic heterocycles. The van der Waals surface area contributed by atoms with Crippen molar-refractivity contribution in [2.75, 3.05) is 11.9 Å². The fourth-order valence-corrected chi connectivity index (χ4v) is 1.12. The lowest BCUT2D eigenvalue weighted by molar-refractivity contribution is 0.475. The molecule has 0 saturated carbocycles. The summed E-state index contributed by atoms with van der Waals surface area (Å²) >= 11 is 0. The third kappa shape index (κ3) is 2.95. The largest absolute Gasteiger partial charge is 0.508 e. The van der Waals surface area contributed by atoms with Crippen LogP contribution in [0.5, 0.6) is 5.75 Å². The molecule has 1 aromatic carbocycles. The highest BCUT2D eigenvalue weighted by atomic mass is 16.3. The summed E-state index contributed by atoms with van der Waals surface area (Å²) < 4.78 is 0. The number of aromatic hydroxyl groups is 1. The van der Waals surface area contributed by atoms with Crippen molar-refractivity contribution in [3.8, 4) is 5.75 Å². The number of phenols is 1. The smallest absolute Gasteiger partial charge is 0.115 e. The first-order valence-electron chi connectivity index (χ1n) is 4.52. The molecule has 1 atom stereocenters. The van der Waals surface area contributed by atoms with E-state index in [4.69, 9.17) is 10.8 Å². The van der Waals surface area contributed by atoms with E-state index in [1.807, 2.05) is 12.1 Å². The maximum absolute atomic E-state index is 9.05. The van der Waals surface area contributed by atoms with Gasteiger partial charge in [-0.1, -0.05) is 6.92 Å². The van der Waals surface area contributed by atoms with E-state index in [0.29, 0.717) is 12.6 Å². The Balaban J connectivity index is 2.58. The highest BCUT2D eigenvalue weighted by Gasteiger charge is 2.02. The molecule has 72 valence electrons. The minimum Gasteiger partial charge on any atom is -0.508 e. The average Bonchev–Trinajstić information content (AvgIpc) is 2.17.